The predicted molar refractivity (Wildman–Crippen MR) is 30.7 cm³/mol. The second-order valence-electron chi connectivity index (χ2n) is 1.27. The van der Waals surface area contributed by atoms with E-state index in [0.29, 0.717) is 0 Å². The second kappa shape index (κ2) is 3.37. The van der Waals surface area contributed by atoms with E-state index in [4.69, 9.17) is 4.74 Å². The molecule has 0 spiro atoms. The maximum Gasteiger partial charge on any atom is 0.0436 e. The number of hydrogen-bond acceptors (Lipinski definition) is 1. The summed E-state index contributed by atoms with van der Waals surface area (Å²) >= 11 is 0. The Labute approximate surface area is 42.1 Å². The molecule has 0 amide bonds. The van der Waals surface area contributed by atoms with Gasteiger partial charge in [0, 0.05) is 22.6 Å². The van der Waals surface area contributed by atoms with Gasteiger partial charge in [-0.3, -0.25) is 0 Å². The van der Waals surface area contributed by atoms with E-state index in [1.807, 2.05) is 6.92 Å². The van der Waals surface area contributed by atoms with Gasteiger partial charge in [0.05, 0.1) is 0 Å². The summed E-state index contributed by atoms with van der Waals surface area (Å²) in [4.78, 5) is 0. The first-order chi connectivity index (χ1) is 2.77. The van der Waals surface area contributed by atoms with Gasteiger partial charge in [0.15, 0.2) is 0 Å². The first-order valence-electron chi connectivity index (χ1n) is 2.22. The first-order valence-corrected chi connectivity index (χ1v) is 3.37. The quantitative estimate of drug-likeness (QED) is 0.430. The number of rotatable bonds is 2. The van der Waals surface area contributed by atoms with Crippen LogP contribution in [-0.4, -0.2) is 22.6 Å². The van der Waals surface area contributed by atoms with Crippen LogP contribution in [0.5, 0.6) is 0 Å². The molecule has 1 radical (unpaired) electrons. The van der Waals surface area contributed by atoms with E-state index in [9.17, 15) is 0 Å². The van der Waals surface area contributed by atoms with Gasteiger partial charge >= 0.3 is 0 Å². The van der Waals surface area contributed by atoms with Gasteiger partial charge in [-0.2, -0.15) is 0 Å². The van der Waals surface area contributed by atoms with Gasteiger partial charge in [0.25, 0.3) is 0 Å². The summed E-state index contributed by atoms with van der Waals surface area (Å²) < 4.78 is 4.99. The molecule has 0 aromatic heterocycles. The van der Waals surface area contributed by atoms with E-state index in [0.717, 1.165) is 16.8 Å². The van der Waals surface area contributed by atoms with Crippen LogP contribution >= 0.6 is 0 Å². The van der Waals surface area contributed by atoms with Crippen LogP contribution in [0.25, 0.3) is 0 Å². The second-order valence-corrected chi connectivity index (χ2v) is 2.55. The molecule has 37 valence electrons. The molecule has 0 aliphatic heterocycles. The normalized spacial score (nSPS) is 15.0. The zero-order valence-corrected chi connectivity index (χ0v) is 6.40. The highest BCUT2D eigenvalue weighted by Gasteiger charge is 1.84. The molecule has 0 aromatic carbocycles. The van der Waals surface area contributed by atoms with Crippen LogP contribution in [0.1, 0.15) is 6.92 Å². The van der Waals surface area contributed by atoms with Crippen molar-refractivity contribution in [3.05, 3.63) is 6.92 Å². The molecule has 0 saturated carbocycles. The van der Waals surface area contributed by atoms with Crippen molar-refractivity contribution >= 4 is 10.2 Å². The highest BCUT2D eigenvalue weighted by molar-refractivity contribution is 6.11. The number of ether oxygens (including phenoxy) is 1. The van der Waals surface area contributed by atoms with Crippen molar-refractivity contribution in [1.29, 1.82) is 0 Å². The Morgan fingerprint density at radius 1 is 2.00 bits per heavy atom. The van der Waals surface area contributed by atoms with E-state index in [1.165, 1.54) is 0 Å². The summed E-state index contributed by atoms with van der Waals surface area (Å²) in [7, 11) is 1.05. The first kappa shape index (κ1) is 6.18. The lowest BCUT2D eigenvalue weighted by molar-refractivity contribution is 0.147. The largest absolute Gasteiger partial charge is 0.383 e. The van der Waals surface area contributed by atoms with Gasteiger partial charge < -0.3 is 4.74 Å². The molecular weight excluding hydrogens is 92.1 g/mol. The molecule has 0 N–H and O–H groups in total. The van der Waals surface area contributed by atoms with Gasteiger partial charge in [-0.25, -0.2) is 0 Å². The maximum absolute atomic E-state index is 4.99. The molecular formula is C4H11OSi. The van der Waals surface area contributed by atoms with Crippen LogP contribution in [0, 0.1) is 6.92 Å². The van der Waals surface area contributed by atoms with Gasteiger partial charge in [-0.1, -0.05) is 0 Å². The fourth-order valence-electron chi connectivity index (χ4n) is 0.285. The predicted octanol–water partition coefficient (Wildman–Crippen LogP) is -0.452. The third-order valence-electron chi connectivity index (χ3n) is 0.451. The van der Waals surface area contributed by atoms with Crippen molar-refractivity contribution in [3.8, 4) is 0 Å². The third kappa shape index (κ3) is 4.18. The van der Waals surface area contributed by atoms with Crippen LogP contribution in [0.2, 0.25) is 0 Å². The highest BCUT2D eigenvalue weighted by Crippen LogP contribution is 1.77. The van der Waals surface area contributed by atoms with Crippen molar-refractivity contribution in [2.45, 2.75) is 12.7 Å². The Hall–Kier alpha value is 0.177. The van der Waals surface area contributed by atoms with E-state index in [1.54, 1.807) is 0 Å². The Balaban J connectivity index is 2.63. The van der Waals surface area contributed by atoms with Crippen LogP contribution in [0.3, 0.4) is 0 Å². The summed E-state index contributed by atoms with van der Waals surface area (Å²) in [6.07, 6.45) is 0. The average molecular weight is 103 g/mol. The molecule has 0 rings (SSSR count). The SMILES string of the molecule is [CH2]C([SiH3])OCC. The minimum atomic E-state index is 0.287. The molecule has 1 unspecified atom stereocenters. The summed E-state index contributed by atoms with van der Waals surface area (Å²) in [5.74, 6) is 0. The summed E-state index contributed by atoms with van der Waals surface area (Å²) in [5, 5.41) is 0. The molecule has 1 atom stereocenters. The highest BCUT2D eigenvalue weighted by atomic mass is 28.1. The molecule has 0 aliphatic rings. The Morgan fingerprint density at radius 3 is 2.50 bits per heavy atom. The fourth-order valence-corrected chi connectivity index (χ4v) is 0.618. The Kier molecular flexibility index (Phi) is 3.47. The van der Waals surface area contributed by atoms with Crippen LogP contribution < -0.4 is 0 Å². The minimum absolute atomic E-state index is 0.287. The topological polar surface area (TPSA) is 9.23 Å². The van der Waals surface area contributed by atoms with Crippen molar-refractivity contribution in [3.63, 3.8) is 0 Å². The fraction of sp³-hybridized carbons (Fsp3) is 0.750. The van der Waals surface area contributed by atoms with Gasteiger partial charge in [0.2, 0.25) is 0 Å². The molecule has 0 saturated heterocycles. The molecule has 2 heteroatoms. The van der Waals surface area contributed by atoms with Crippen molar-refractivity contribution in [1.82, 2.24) is 0 Å². The molecule has 1 nitrogen and oxygen atoms in total. The number of hydrogen-bond donors (Lipinski definition) is 0. The average Bonchev–Trinajstić information content (AvgIpc) is 1.35. The standard InChI is InChI=1S/C4H11OSi/c1-3-5-4(2)6/h4H,2-3H2,1,6H3. The smallest absolute Gasteiger partial charge is 0.0436 e. The van der Waals surface area contributed by atoms with Crippen molar-refractivity contribution in [2.24, 2.45) is 0 Å². The molecule has 0 aliphatic carbocycles. The van der Waals surface area contributed by atoms with Gasteiger partial charge in [-0.15, -0.1) is 0 Å². The van der Waals surface area contributed by atoms with E-state index >= 15 is 0 Å². The zero-order valence-electron chi connectivity index (χ0n) is 4.40. The van der Waals surface area contributed by atoms with Gasteiger partial charge in [0.1, 0.15) is 0 Å². The third-order valence-corrected chi connectivity index (χ3v) is 0.785. The van der Waals surface area contributed by atoms with E-state index < -0.39 is 0 Å². The lowest BCUT2D eigenvalue weighted by atomic mass is 10.8. The Morgan fingerprint density at radius 2 is 2.50 bits per heavy atom. The molecule has 6 heavy (non-hydrogen) atoms. The van der Waals surface area contributed by atoms with E-state index in [-0.39, 0.29) is 5.73 Å². The van der Waals surface area contributed by atoms with Crippen LogP contribution in [-0.2, 0) is 4.74 Å². The minimum Gasteiger partial charge on any atom is -0.383 e. The summed E-state index contributed by atoms with van der Waals surface area (Å²) in [6.45, 7) is 6.45. The summed E-state index contributed by atoms with van der Waals surface area (Å²) in [5.41, 5.74) is 0.287. The molecule has 0 heterocycles. The van der Waals surface area contributed by atoms with Gasteiger partial charge in [-0.05, 0) is 13.8 Å². The monoisotopic (exact) mass is 103 g/mol. The van der Waals surface area contributed by atoms with Crippen LogP contribution in [0.4, 0.5) is 0 Å². The van der Waals surface area contributed by atoms with Crippen LogP contribution in [0.15, 0.2) is 0 Å². The summed E-state index contributed by atoms with van der Waals surface area (Å²) in [6, 6.07) is 0. The lowest BCUT2D eigenvalue weighted by Crippen LogP contribution is -2.05. The molecule has 0 bridgehead atoms. The van der Waals surface area contributed by atoms with Crippen molar-refractivity contribution < 1.29 is 4.74 Å². The zero-order chi connectivity index (χ0) is 4.99. The Bertz CT molecular complexity index is 28.7. The molecule has 0 aromatic rings. The van der Waals surface area contributed by atoms with Crippen molar-refractivity contribution in [2.75, 3.05) is 6.61 Å². The molecule has 0 fully saturated rings. The maximum atomic E-state index is 4.99. The van der Waals surface area contributed by atoms with E-state index in [2.05, 4.69) is 6.92 Å². The lowest BCUT2D eigenvalue weighted by Gasteiger charge is -2.00.